The number of rotatable bonds is 4. The molecule has 5 nitrogen and oxygen atoms in total. The lowest BCUT2D eigenvalue weighted by atomic mass is 10.4. The van der Waals surface area contributed by atoms with Gasteiger partial charge in [0.1, 0.15) is 10.9 Å². The standard InChI is InChI=1S/C11H16N4OS/c1-9-14-11(10(8-12)17-9)13-2-3-15-4-6-16-7-5-15/h13H,2-7H2,1H3. The second-order valence-corrected chi connectivity index (χ2v) is 5.11. The molecule has 2 heterocycles. The molecule has 0 saturated carbocycles. The second kappa shape index (κ2) is 5.96. The fourth-order valence-corrected chi connectivity index (χ4v) is 2.47. The molecule has 1 saturated heterocycles. The number of aromatic nitrogens is 1. The summed E-state index contributed by atoms with van der Waals surface area (Å²) < 4.78 is 5.29. The molecule has 0 bridgehead atoms. The van der Waals surface area contributed by atoms with Gasteiger partial charge in [0.2, 0.25) is 0 Å². The van der Waals surface area contributed by atoms with Crippen molar-refractivity contribution in [3.05, 3.63) is 9.88 Å². The Bertz CT molecular complexity index is 406. The van der Waals surface area contributed by atoms with E-state index in [4.69, 9.17) is 10.00 Å². The topological polar surface area (TPSA) is 61.2 Å². The van der Waals surface area contributed by atoms with E-state index in [0.29, 0.717) is 4.88 Å². The Morgan fingerprint density at radius 2 is 2.29 bits per heavy atom. The summed E-state index contributed by atoms with van der Waals surface area (Å²) in [6, 6.07) is 2.16. The number of morpholine rings is 1. The summed E-state index contributed by atoms with van der Waals surface area (Å²) in [6.45, 7) is 7.31. The van der Waals surface area contributed by atoms with Crippen molar-refractivity contribution in [3.8, 4) is 6.07 Å². The average molecular weight is 252 g/mol. The summed E-state index contributed by atoms with van der Waals surface area (Å²) in [5.74, 6) is 0.725. The molecule has 0 unspecified atom stereocenters. The molecule has 2 rings (SSSR count). The van der Waals surface area contributed by atoms with Crippen LogP contribution in [0.1, 0.15) is 9.88 Å². The number of nitrogens with one attached hydrogen (secondary N) is 1. The van der Waals surface area contributed by atoms with Gasteiger partial charge in [-0.05, 0) is 6.92 Å². The minimum Gasteiger partial charge on any atom is -0.379 e. The lowest BCUT2D eigenvalue weighted by Crippen LogP contribution is -2.39. The lowest BCUT2D eigenvalue weighted by molar-refractivity contribution is 0.0398. The van der Waals surface area contributed by atoms with Crippen molar-refractivity contribution in [2.75, 3.05) is 44.7 Å². The van der Waals surface area contributed by atoms with Crippen molar-refractivity contribution in [1.82, 2.24) is 9.88 Å². The fourth-order valence-electron chi connectivity index (χ4n) is 1.78. The highest BCUT2D eigenvalue weighted by molar-refractivity contribution is 7.12. The third-order valence-electron chi connectivity index (χ3n) is 2.66. The molecule has 0 atom stereocenters. The van der Waals surface area contributed by atoms with E-state index in [1.807, 2.05) is 6.92 Å². The van der Waals surface area contributed by atoms with Crippen LogP contribution in [0.3, 0.4) is 0 Å². The van der Waals surface area contributed by atoms with Gasteiger partial charge in [0.25, 0.3) is 0 Å². The Balaban J connectivity index is 1.79. The smallest absolute Gasteiger partial charge is 0.155 e. The molecule has 17 heavy (non-hydrogen) atoms. The number of ether oxygens (including phenoxy) is 1. The first kappa shape index (κ1) is 12.3. The van der Waals surface area contributed by atoms with Gasteiger partial charge < -0.3 is 10.1 Å². The van der Waals surface area contributed by atoms with Crippen LogP contribution in [0.25, 0.3) is 0 Å². The minimum absolute atomic E-state index is 0.671. The van der Waals surface area contributed by atoms with E-state index in [1.165, 1.54) is 11.3 Å². The van der Waals surface area contributed by atoms with E-state index in [2.05, 4.69) is 21.3 Å². The molecule has 0 radical (unpaired) electrons. The maximum Gasteiger partial charge on any atom is 0.155 e. The molecule has 0 amide bonds. The monoisotopic (exact) mass is 252 g/mol. The van der Waals surface area contributed by atoms with Gasteiger partial charge in [-0.1, -0.05) is 0 Å². The first-order chi connectivity index (χ1) is 8.29. The minimum atomic E-state index is 0.671. The van der Waals surface area contributed by atoms with Crippen LogP contribution in [-0.4, -0.2) is 49.3 Å². The summed E-state index contributed by atoms with van der Waals surface area (Å²) in [5.41, 5.74) is 0. The Morgan fingerprint density at radius 1 is 1.53 bits per heavy atom. The SMILES string of the molecule is Cc1nc(NCCN2CCOCC2)c(C#N)s1. The lowest BCUT2D eigenvalue weighted by Gasteiger charge is -2.26. The first-order valence-corrected chi connectivity index (χ1v) is 6.53. The van der Waals surface area contributed by atoms with Crippen LogP contribution in [-0.2, 0) is 4.74 Å². The maximum atomic E-state index is 8.93. The summed E-state index contributed by atoms with van der Waals surface area (Å²) >= 11 is 1.43. The predicted molar refractivity (Wildman–Crippen MR) is 67.3 cm³/mol. The van der Waals surface area contributed by atoms with E-state index in [9.17, 15) is 0 Å². The van der Waals surface area contributed by atoms with Gasteiger partial charge in [-0.2, -0.15) is 5.26 Å². The Hall–Kier alpha value is -1.16. The molecular formula is C11H16N4OS. The van der Waals surface area contributed by atoms with Crippen LogP contribution in [0.5, 0.6) is 0 Å². The Kier molecular flexibility index (Phi) is 4.31. The van der Waals surface area contributed by atoms with Gasteiger partial charge in [-0.25, -0.2) is 4.98 Å². The van der Waals surface area contributed by atoms with Gasteiger partial charge in [-0.15, -0.1) is 11.3 Å². The quantitative estimate of drug-likeness (QED) is 0.868. The largest absolute Gasteiger partial charge is 0.379 e. The molecule has 1 aromatic rings. The second-order valence-electron chi connectivity index (χ2n) is 3.90. The van der Waals surface area contributed by atoms with Gasteiger partial charge in [-0.3, -0.25) is 4.90 Å². The average Bonchev–Trinajstić information content (AvgIpc) is 2.71. The molecule has 1 aliphatic heterocycles. The third kappa shape index (κ3) is 3.40. The van der Waals surface area contributed by atoms with Crippen LogP contribution in [0.4, 0.5) is 5.82 Å². The van der Waals surface area contributed by atoms with Crippen LogP contribution in [0.2, 0.25) is 0 Å². The fraction of sp³-hybridized carbons (Fsp3) is 0.636. The van der Waals surface area contributed by atoms with E-state index in [-0.39, 0.29) is 0 Å². The van der Waals surface area contributed by atoms with Gasteiger partial charge >= 0.3 is 0 Å². The van der Waals surface area contributed by atoms with Crippen molar-refractivity contribution in [2.45, 2.75) is 6.92 Å². The maximum absolute atomic E-state index is 8.93. The predicted octanol–water partition coefficient (Wildman–Crippen LogP) is 1.07. The molecule has 1 N–H and O–H groups in total. The molecule has 6 heteroatoms. The Labute approximate surface area is 105 Å². The van der Waals surface area contributed by atoms with Crippen molar-refractivity contribution in [2.24, 2.45) is 0 Å². The highest BCUT2D eigenvalue weighted by Crippen LogP contribution is 2.20. The molecule has 1 fully saturated rings. The molecule has 0 aliphatic carbocycles. The molecule has 1 aliphatic rings. The number of hydrogen-bond donors (Lipinski definition) is 1. The number of nitrogens with zero attached hydrogens (tertiary/aromatic N) is 3. The van der Waals surface area contributed by atoms with E-state index >= 15 is 0 Å². The number of anilines is 1. The van der Waals surface area contributed by atoms with Gasteiger partial charge in [0.05, 0.1) is 18.2 Å². The van der Waals surface area contributed by atoms with Gasteiger partial charge in [0, 0.05) is 26.2 Å². The summed E-state index contributed by atoms with van der Waals surface area (Å²) in [5, 5.41) is 13.1. The van der Waals surface area contributed by atoms with Crippen LogP contribution < -0.4 is 5.32 Å². The highest BCUT2D eigenvalue weighted by atomic mass is 32.1. The normalized spacial score (nSPS) is 16.7. The van der Waals surface area contributed by atoms with Crippen LogP contribution in [0.15, 0.2) is 0 Å². The zero-order valence-corrected chi connectivity index (χ0v) is 10.7. The summed E-state index contributed by atoms with van der Waals surface area (Å²) in [7, 11) is 0. The van der Waals surface area contributed by atoms with E-state index < -0.39 is 0 Å². The third-order valence-corrected chi connectivity index (χ3v) is 3.54. The zero-order valence-electron chi connectivity index (χ0n) is 9.90. The van der Waals surface area contributed by atoms with Crippen molar-refractivity contribution < 1.29 is 4.74 Å². The molecule has 0 aromatic carbocycles. The van der Waals surface area contributed by atoms with Crippen LogP contribution >= 0.6 is 11.3 Å². The Morgan fingerprint density at radius 3 is 3.00 bits per heavy atom. The van der Waals surface area contributed by atoms with Gasteiger partial charge in [0.15, 0.2) is 5.82 Å². The number of thiazole rings is 1. The number of hydrogen-bond acceptors (Lipinski definition) is 6. The highest BCUT2D eigenvalue weighted by Gasteiger charge is 2.11. The van der Waals surface area contributed by atoms with Crippen molar-refractivity contribution in [1.29, 1.82) is 5.26 Å². The molecular weight excluding hydrogens is 236 g/mol. The van der Waals surface area contributed by atoms with E-state index in [0.717, 1.165) is 50.2 Å². The first-order valence-electron chi connectivity index (χ1n) is 5.71. The van der Waals surface area contributed by atoms with E-state index in [1.54, 1.807) is 0 Å². The zero-order chi connectivity index (χ0) is 12.1. The van der Waals surface area contributed by atoms with Crippen LogP contribution in [0, 0.1) is 18.3 Å². The number of aryl methyl sites for hydroxylation is 1. The van der Waals surface area contributed by atoms with Crippen molar-refractivity contribution >= 4 is 17.2 Å². The molecule has 92 valence electrons. The molecule has 0 spiro atoms. The summed E-state index contributed by atoms with van der Waals surface area (Å²) in [4.78, 5) is 7.33. The van der Waals surface area contributed by atoms with Crippen molar-refractivity contribution in [3.63, 3.8) is 0 Å². The molecule has 1 aromatic heterocycles. The summed E-state index contributed by atoms with van der Waals surface area (Å²) in [6.07, 6.45) is 0. The number of nitriles is 1.